The summed E-state index contributed by atoms with van der Waals surface area (Å²) in [5.74, 6) is -0.317. The molecule has 4 nitrogen and oxygen atoms in total. The number of nitrogen functional groups attached to an aromatic ring is 1. The Morgan fingerprint density at radius 1 is 1.40 bits per heavy atom. The molecule has 0 saturated carbocycles. The Hall–Kier alpha value is -0.880. The van der Waals surface area contributed by atoms with Gasteiger partial charge in [-0.15, -0.1) is 23.1 Å². The number of anilines is 2. The van der Waals surface area contributed by atoms with E-state index in [-0.39, 0.29) is 5.97 Å². The molecule has 114 valence electrons. The van der Waals surface area contributed by atoms with Crippen molar-refractivity contribution >= 4 is 39.8 Å². The van der Waals surface area contributed by atoms with Crippen molar-refractivity contribution in [2.45, 2.75) is 38.5 Å². The summed E-state index contributed by atoms with van der Waals surface area (Å²) >= 11 is 3.04. The van der Waals surface area contributed by atoms with E-state index in [4.69, 9.17) is 10.5 Å². The number of nitrogens with two attached hydrogens (primary N) is 1. The van der Waals surface area contributed by atoms with E-state index in [1.807, 2.05) is 6.26 Å². The van der Waals surface area contributed by atoms with Gasteiger partial charge >= 0.3 is 5.97 Å². The van der Waals surface area contributed by atoms with Gasteiger partial charge in [0.25, 0.3) is 0 Å². The first-order valence-corrected chi connectivity index (χ1v) is 9.02. The predicted octanol–water partition coefficient (Wildman–Crippen LogP) is 3.86. The van der Waals surface area contributed by atoms with E-state index in [0.717, 1.165) is 35.8 Å². The molecule has 1 heterocycles. The van der Waals surface area contributed by atoms with Crippen LogP contribution in [0.15, 0.2) is 4.90 Å². The molecule has 0 spiro atoms. The number of ether oxygens (including phenoxy) is 1. The molecule has 0 atom stereocenters. The summed E-state index contributed by atoms with van der Waals surface area (Å²) in [5, 5.41) is 1.09. The van der Waals surface area contributed by atoms with Crippen LogP contribution in [0.25, 0.3) is 0 Å². The molecule has 1 aromatic heterocycles. The van der Waals surface area contributed by atoms with Gasteiger partial charge < -0.3 is 15.4 Å². The first kappa shape index (κ1) is 17.2. The molecule has 0 radical (unpaired) electrons. The number of unbranched alkanes of at least 4 members (excludes halogenated alkanes) is 1. The van der Waals surface area contributed by atoms with Gasteiger partial charge in [0.1, 0.15) is 9.88 Å². The van der Waals surface area contributed by atoms with Crippen LogP contribution in [0.4, 0.5) is 10.7 Å². The second-order valence-corrected chi connectivity index (χ2v) is 6.15. The van der Waals surface area contributed by atoms with Crippen molar-refractivity contribution in [1.82, 2.24) is 0 Å². The monoisotopic (exact) mass is 316 g/mol. The van der Waals surface area contributed by atoms with Crippen LogP contribution in [0.1, 0.15) is 43.3 Å². The number of carbonyl (C=O) groups is 1. The molecule has 1 rings (SSSR count). The summed E-state index contributed by atoms with van der Waals surface area (Å²) in [5.41, 5.74) is 6.69. The van der Waals surface area contributed by atoms with Crippen molar-refractivity contribution in [2.75, 3.05) is 36.6 Å². The fourth-order valence-electron chi connectivity index (χ4n) is 1.92. The number of carbonyl (C=O) groups excluding carboxylic acids is 1. The van der Waals surface area contributed by atoms with Gasteiger partial charge in [-0.3, -0.25) is 0 Å². The van der Waals surface area contributed by atoms with Crippen molar-refractivity contribution in [2.24, 2.45) is 0 Å². The number of thiophene rings is 1. The summed E-state index contributed by atoms with van der Waals surface area (Å²) in [6, 6.07) is 0. The molecular formula is C14H24N2O2S2. The van der Waals surface area contributed by atoms with Crippen LogP contribution in [0.3, 0.4) is 0 Å². The van der Waals surface area contributed by atoms with E-state index < -0.39 is 0 Å². The molecule has 6 heteroatoms. The van der Waals surface area contributed by atoms with Crippen LogP contribution in [0.5, 0.6) is 0 Å². The van der Waals surface area contributed by atoms with Crippen molar-refractivity contribution in [1.29, 1.82) is 0 Å². The standard InChI is InChI=1S/C14H24N2O2S2/c1-5-8-9-16(6-2)13-11(19-4)10(15)12(20-13)14(17)18-7-3/h5-9,15H2,1-4H3. The average molecular weight is 316 g/mol. The second kappa shape index (κ2) is 8.42. The van der Waals surface area contributed by atoms with Gasteiger partial charge in [0.15, 0.2) is 0 Å². The molecule has 0 unspecified atom stereocenters. The second-order valence-electron chi connectivity index (χ2n) is 4.34. The number of esters is 1. The van der Waals surface area contributed by atoms with Gasteiger partial charge in [-0.2, -0.15) is 0 Å². The molecule has 0 fully saturated rings. The van der Waals surface area contributed by atoms with Gasteiger partial charge in [0.2, 0.25) is 0 Å². The fraction of sp³-hybridized carbons (Fsp3) is 0.643. The lowest BCUT2D eigenvalue weighted by Crippen LogP contribution is -2.23. The normalized spacial score (nSPS) is 10.6. The van der Waals surface area contributed by atoms with E-state index in [2.05, 4.69) is 18.7 Å². The van der Waals surface area contributed by atoms with Gasteiger partial charge in [-0.25, -0.2) is 4.79 Å². The van der Waals surface area contributed by atoms with Gasteiger partial charge in [-0.1, -0.05) is 13.3 Å². The molecular weight excluding hydrogens is 292 g/mol. The largest absolute Gasteiger partial charge is 0.462 e. The van der Waals surface area contributed by atoms with Crippen LogP contribution >= 0.6 is 23.1 Å². The Labute approximate surface area is 129 Å². The van der Waals surface area contributed by atoms with E-state index in [9.17, 15) is 4.79 Å². The number of rotatable bonds is 8. The first-order chi connectivity index (χ1) is 9.60. The van der Waals surface area contributed by atoms with Crippen molar-refractivity contribution in [3.8, 4) is 0 Å². The molecule has 2 N–H and O–H groups in total. The topological polar surface area (TPSA) is 55.6 Å². The van der Waals surface area contributed by atoms with Crippen molar-refractivity contribution in [3.05, 3.63) is 4.88 Å². The Bertz CT molecular complexity index is 447. The molecule has 0 aromatic carbocycles. The van der Waals surface area contributed by atoms with E-state index in [1.54, 1.807) is 18.7 Å². The molecule has 0 amide bonds. The molecule has 0 aliphatic carbocycles. The minimum Gasteiger partial charge on any atom is -0.462 e. The summed E-state index contributed by atoms with van der Waals surface area (Å²) in [7, 11) is 0. The molecule has 0 aliphatic rings. The number of hydrogen-bond acceptors (Lipinski definition) is 6. The third-order valence-electron chi connectivity index (χ3n) is 3.00. The highest BCUT2D eigenvalue weighted by Gasteiger charge is 2.24. The van der Waals surface area contributed by atoms with E-state index >= 15 is 0 Å². The SMILES string of the molecule is CCCCN(CC)c1sc(C(=O)OCC)c(N)c1SC. The zero-order chi connectivity index (χ0) is 15.1. The van der Waals surface area contributed by atoms with Crippen molar-refractivity contribution < 1.29 is 9.53 Å². The molecule has 0 aliphatic heterocycles. The molecule has 0 bridgehead atoms. The smallest absolute Gasteiger partial charge is 0.350 e. The summed E-state index contributed by atoms with van der Waals surface area (Å²) in [6.45, 7) is 8.37. The highest BCUT2D eigenvalue weighted by atomic mass is 32.2. The summed E-state index contributed by atoms with van der Waals surface area (Å²) < 4.78 is 5.08. The first-order valence-electron chi connectivity index (χ1n) is 6.98. The summed E-state index contributed by atoms with van der Waals surface area (Å²) in [4.78, 5) is 15.8. The average Bonchev–Trinajstić information content (AvgIpc) is 2.77. The highest BCUT2D eigenvalue weighted by molar-refractivity contribution is 7.99. The maximum atomic E-state index is 12.0. The maximum absolute atomic E-state index is 12.0. The third-order valence-corrected chi connectivity index (χ3v) is 5.19. The minimum atomic E-state index is -0.317. The number of thioether (sulfide) groups is 1. The summed E-state index contributed by atoms with van der Waals surface area (Å²) in [6.07, 6.45) is 4.27. The molecule has 20 heavy (non-hydrogen) atoms. The van der Waals surface area contributed by atoms with Crippen molar-refractivity contribution in [3.63, 3.8) is 0 Å². The Balaban J connectivity index is 3.11. The van der Waals surface area contributed by atoms with Crippen LogP contribution in [-0.2, 0) is 4.74 Å². The lowest BCUT2D eigenvalue weighted by atomic mass is 10.3. The number of hydrogen-bond donors (Lipinski definition) is 1. The lowest BCUT2D eigenvalue weighted by Gasteiger charge is -2.22. The lowest BCUT2D eigenvalue weighted by molar-refractivity contribution is 0.0533. The van der Waals surface area contributed by atoms with E-state index in [1.165, 1.54) is 11.3 Å². The Morgan fingerprint density at radius 3 is 2.60 bits per heavy atom. The quantitative estimate of drug-likeness (QED) is 0.583. The zero-order valence-electron chi connectivity index (χ0n) is 12.7. The Morgan fingerprint density at radius 2 is 2.10 bits per heavy atom. The van der Waals surface area contributed by atoms with Gasteiger partial charge in [0.05, 0.1) is 17.2 Å². The molecule has 1 aromatic rings. The zero-order valence-corrected chi connectivity index (χ0v) is 14.3. The Kier molecular flexibility index (Phi) is 7.23. The number of nitrogens with zero attached hydrogens (tertiary/aromatic N) is 1. The molecule has 0 saturated heterocycles. The minimum absolute atomic E-state index is 0.317. The highest BCUT2D eigenvalue weighted by Crippen LogP contribution is 2.44. The van der Waals surface area contributed by atoms with E-state index in [0.29, 0.717) is 17.2 Å². The maximum Gasteiger partial charge on any atom is 0.350 e. The van der Waals surface area contributed by atoms with Crippen LogP contribution in [0, 0.1) is 0 Å². The third kappa shape index (κ3) is 3.82. The predicted molar refractivity (Wildman–Crippen MR) is 89.3 cm³/mol. The van der Waals surface area contributed by atoms with Crippen LogP contribution in [-0.4, -0.2) is 31.9 Å². The van der Waals surface area contributed by atoms with Gasteiger partial charge in [0, 0.05) is 13.1 Å². The fourth-order valence-corrected chi connectivity index (χ4v) is 4.09. The van der Waals surface area contributed by atoms with Gasteiger partial charge in [-0.05, 0) is 26.5 Å². The van der Waals surface area contributed by atoms with Crippen LogP contribution in [0.2, 0.25) is 0 Å². The van der Waals surface area contributed by atoms with Crippen LogP contribution < -0.4 is 10.6 Å².